The van der Waals surface area contributed by atoms with Crippen LogP contribution in [-0.4, -0.2) is 61.2 Å². The normalized spacial score (nSPS) is 17.6. The van der Waals surface area contributed by atoms with Gasteiger partial charge in [0.25, 0.3) is 0 Å². The molecule has 0 amide bonds. The fourth-order valence-electron chi connectivity index (χ4n) is 2.29. The predicted octanol–water partition coefficient (Wildman–Crippen LogP) is 2.04. The van der Waals surface area contributed by atoms with Crippen molar-refractivity contribution in [2.75, 3.05) is 46.3 Å². The van der Waals surface area contributed by atoms with Crippen LogP contribution in [0.5, 0.6) is 5.75 Å². The van der Waals surface area contributed by atoms with E-state index in [4.69, 9.17) is 23.2 Å². The second-order valence-electron chi connectivity index (χ2n) is 5.22. The Morgan fingerprint density at radius 1 is 1.20 bits per heavy atom. The monoisotopic (exact) mass is 317 g/mol. The van der Waals surface area contributed by atoms with Crippen LogP contribution in [0.15, 0.2) is 12.1 Å². The van der Waals surface area contributed by atoms with Gasteiger partial charge in [-0.1, -0.05) is 23.2 Å². The van der Waals surface area contributed by atoms with Gasteiger partial charge < -0.3 is 15.3 Å². The van der Waals surface area contributed by atoms with Gasteiger partial charge in [-0.3, -0.25) is 4.90 Å². The summed E-state index contributed by atoms with van der Waals surface area (Å²) in [6.07, 6.45) is 0. The molecule has 6 heteroatoms. The minimum absolute atomic E-state index is 0.114. The van der Waals surface area contributed by atoms with E-state index in [1.807, 2.05) is 0 Å². The van der Waals surface area contributed by atoms with Gasteiger partial charge in [0.15, 0.2) is 0 Å². The molecule has 0 atom stereocenters. The minimum atomic E-state index is 0.114. The van der Waals surface area contributed by atoms with Crippen LogP contribution in [0.4, 0.5) is 0 Å². The van der Waals surface area contributed by atoms with Crippen molar-refractivity contribution < 1.29 is 5.11 Å². The van der Waals surface area contributed by atoms with Crippen LogP contribution < -0.4 is 5.32 Å². The summed E-state index contributed by atoms with van der Waals surface area (Å²) in [5.74, 6) is 0.114. The molecule has 1 aromatic carbocycles. The first kappa shape index (κ1) is 15.9. The fraction of sp³-hybridized carbons (Fsp3) is 0.571. The fourth-order valence-corrected chi connectivity index (χ4v) is 2.82. The molecule has 0 aliphatic carbocycles. The molecule has 1 saturated heterocycles. The van der Waals surface area contributed by atoms with Crippen LogP contribution in [-0.2, 0) is 6.54 Å². The molecule has 0 bridgehead atoms. The summed E-state index contributed by atoms with van der Waals surface area (Å²) in [5, 5.41) is 14.0. The summed E-state index contributed by atoms with van der Waals surface area (Å²) in [5.41, 5.74) is 0.737. The summed E-state index contributed by atoms with van der Waals surface area (Å²) in [4.78, 5) is 4.79. The number of likely N-dealkylation sites (N-methyl/N-ethyl adjacent to an activating group) is 1. The molecule has 4 nitrogen and oxygen atoms in total. The second kappa shape index (κ2) is 7.48. The van der Waals surface area contributed by atoms with Crippen LogP contribution in [0.25, 0.3) is 0 Å². The molecule has 0 radical (unpaired) electrons. The molecule has 2 N–H and O–H groups in total. The van der Waals surface area contributed by atoms with Gasteiger partial charge >= 0.3 is 0 Å². The van der Waals surface area contributed by atoms with Gasteiger partial charge in [-0.25, -0.2) is 0 Å². The summed E-state index contributed by atoms with van der Waals surface area (Å²) in [7, 11) is 2.15. The molecule has 1 aromatic rings. The summed E-state index contributed by atoms with van der Waals surface area (Å²) >= 11 is 11.8. The lowest BCUT2D eigenvalue weighted by Gasteiger charge is -2.32. The molecule has 20 heavy (non-hydrogen) atoms. The van der Waals surface area contributed by atoms with Crippen molar-refractivity contribution in [3.8, 4) is 5.75 Å². The molecule has 112 valence electrons. The van der Waals surface area contributed by atoms with Crippen molar-refractivity contribution in [2.45, 2.75) is 6.54 Å². The maximum Gasteiger partial charge on any atom is 0.138 e. The first-order chi connectivity index (χ1) is 9.56. The highest BCUT2D eigenvalue weighted by molar-refractivity contribution is 6.35. The molecule has 1 aliphatic heterocycles. The van der Waals surface area contributed by atoms with E-state index in [0.717, 1.165) is 44.8 Å². The summed E-state index contributed by atoms with van der Waals surface area (Å²) in [6, 6.07) is 3.29. The Labute approximate surface area is 130 Å². The number of nitrogens with zero attached hydrogens (tertiary/aromatic N) is 2. The van der Waals surface area contributed by atoms with E-state index >= 15 is 0 Å². The Bertz CT molecular complexity index is 448. The quantitative estimate of drug-likeness (QED) is 0.815. The SMILES string of the molecule is CN1CCN(CCNCc2cc(Cl)cc(Cl)c2O)CC1. The third kappa shape index (κ3) is 4.50. The molecular formula is C14H21Cl2N3O. The van der Waals surface area contributed by atoms with E-state index in [9.17, 15) is 5.11 Å². The lowest BCUT2D eigenvalue weighted by atomic mass is 10.2. The number of piperazine rings is 1. The number of phenolic OH excluding ortho intramolecular Hbond substituents is 1. The summed E-state index contributed by atoms with van der Waals surface area (Å²) in [6.45, 7) is 6.96. The maximum atomic E-state index is 9.85. The minimum Gasteiger partial charge on any atom is -0.506 e. The van der Waals surface area contributed by atoms with Gasteiger partial charge in [0.05, 0.1) is 5.02 Å². The average molecular weight is 318 g/mol. The lowest BCUT2D eigenvalue weighted by Crippen LogP contribution is -2.46. The number of benzene rings is 1. The second-order valence-corrected chi connectivity index (χ2v) is 6.06. The van der Waals surface area contributed by atoms with Gasteiger partial charge in [0.2, 0.25) is 0 Å². The van der Waals surface area contributed by atoms with Crippen molar-refractivity contribution in [2.24, 2.45) is 0 Å². The molecule has 0 spiro atoms. The Balaban J connectivity index is 1.73. The highest BCUT2D eigenvalue weighted by Gasteiger charge is 2.13. The van der Waals surface area contributed by atoms with E-state index in [-0.39, 0.29) is 5.75 Å². The van der Waals surface area contributed by atoms with E-state index < -0.39 is 0 Å². The molecule has 1 aliphatic rings. The highest BCUT2D eigenvalue weighted by Crippen LogP contribution is 2.30. The Morgan fingerprint density at radius 2 is 1.90 bits per heavy atom. The zero-order valence-corrected chi connectivity index (χ0v) is 13.2. The molecule has 1 heterocycles. The van der Waals surface area contributed by atoms with Crippen molar-refractivity contribution in [3.05, 3.63) is 27.7 Å². The molecule has 0 saturated carbocycles. The lowest BCUT2D eigenvalue weighted by molar-refractivity contribution is 0.154. The Hall–Kier alpha value is -0.520. The molecule has 0 unspecified atom stereocenters. The van der Waals surface area contributed by atoms with Crippen molar-refractivity contribution in [1.82, 2.24) is 15.1 Å². The Morgan fingerprint density at radius 3 is 2.60 bits per heavy atom. The van der Waals surface area contributed by atoms with Gasteiger partial charge in [-0.2, -0.15) is 0 Å². The topological polar surface area (TPSA) is 38.7 Å². The van der Waals surface area contributed by atoms with Crippen LogP contribution >= 0.6 is 23.2 Å². The zero-order valence-electron chi connectivity index (χ0n) is 11.7. The number of halogens is 2. The summed E-state index contributed by atoms with van der Waals surface area (Å²) < 4.78 is 0. The number of hydrogen-bond acceptors (Lipinski definition) is 4. The van der Waals surface area contributed by atoms with E-state index in [2.05, 4.69) is 22.2 Å². The Kier molecular flexibility index (Phi) is 5.93. The van der Waals surface area contributed by atoms with Crippen molar-refractivity contribution >= 4 is 23.2 Å². The number of hydrogen-bond donors (Lipinski definition) is 2. The maximum absolute atomic E-state index is 9.85. The smallest absolute Gasteiger partial charge is 0.138 e. The number of phenols is 1. The highest BCUT2D eigenvalue weighted by atomic mass is 35.5. The number of nitrogens with one attached hydrogen (secondary N) is 1. The van der Waals surface area contributed by atoms with Crippen molar-refractivity contribution in [3.63, 3.8) is 0 Å². The van der Waals surface area contributed by atoms with E-state index in [0.29, 0.717) is 16.6 Å². The van der Waals surface area contributed by atoms with Crippen LogP contribution in [0.2, 0.25) is 10.0 Å². The number of rotatable bonds is 5. The third-order valence-corrected chi connectivity index (χ3v) is 4.13. The first-order valence-electron chi connectivity index (χ1n) is 6.85. The zero-order chi connectivity index (χ0) is 14.5. The molecule has 1 fully saturated rings. The van der Waals surface area contributed by atoms with Crippen LogP contribution in [0, 0.1) is 0 Å². The largest absolute Gasteiger partial charge is 0.506 e. The van der Waals surface area contributed by atoms with Crippen LogP contribution in [0.3, 0.4) is 0 Å². The van der Waals surface area contributed by atoms with Crippen molar-refractivity contribution in [1.29, 1.82) is 0 Å². The van der Waals surface area contributed by atoms with E-state index in [1.54, 1.807) is 12.1 Å². The molecular weight excluding hydrogens is 297 g/mol. The van der Waals surface area contributed by atoms with Gasteiger partial charge in [-0.05, 0) is 19.2 Å². The van der Waals surface area contributed by atoms with Crippen LogP contribution in [0.1, 0.15) is 5.56 Å². The predicted molar refractivity (Wildman–Crippen MR) is 83.8 cm³/mol. The van der Waals surface area contributed by atoms with Gasteiger partial charge in [0.1, 0.15) is 5.75 Å². The molecule has 0 aromatic heterocycles. The molecule has 2 rings (SSSR count). The van der Waals surface area contributed by atoms with E-state index in [1.165, 1.54) is 0 Å². The number of aromatic hydroxyl groups is 1. The third-order valence-electron chi connectivity index (χ3n) is 3.62. The van der Waals surface area contributed by atoms with Gasteiger partial charge in [0, 0.05) is 56.4 Å². The first-order valence-corrected chi connectivity index (χ1v) is 7.60. The average Bonchev–Trinajstić information content (AvgIpc) is 2.42. The standard InChI is InChI=1S/C14H21Cl2N3O/c1-18-4-6-19(7-5-18)3-2-17-10-11-8-12(15)9-13(16)14(11)20/h8-9,17,20H,2-7,10H2,1H3. The van der Waals surface area contributed by atoms with Gasteiger partial charge in [-0.15, -0.1) is 0 Å².